The van der Waals surface area contributed by atoms with E-state index in [0.717, 1.165) is 49.3 Å². The highest BCUT2D eigenvalue weighted by molar-refractivity contribution is 7.94. The second kappa shape index (κ2) is 6.94. The van der Waals surface area contributed by atoms with Crippen LogP contribution in [0.4, 0.5) is 5.69 Å². The highest BCUT2D eigenvalue weighted by Crippen LogP contribution is 2.25. The molecule has 24 heavy (non-hydrogen) atoms. The van der Waals surface area contributed by atoms with Gasteiger partial charge in [-0.05, 0) is 43.0 Å². The third kappa shape index (κ3) is 3.62. The van der Waals surface area contributed by atoms with Crippen molar-refractivity contribution in [3.05, 3.63) is 46.8 Å². The number of benzene rings is 1. The zero-order valence-electron chi connectivity index (χ0n) is 13.5. The van der Waals surface area contributed by atoms with Crippen molar-refractivity contribution in [2.45, 2.75) is 30.4 Å². The molecule has 1 aliphatic rings. The van der Waals surface area contributed by atoms with E-state index in [2.05, 4.69) is 4.72 Å². The third-order valence-electron chi connectivity index (χ3n) is 4.07. The van der Waals surface area contributed by atoms with Crippen LogP contribution >= 0.6 is 11.3 Å². The molecule has 1 aromatic heterocycles. The summed E-state index contributed by atoms with van der Waals surface area (Å²) in [6, 6.07) is 8.79. The van der Waals surface area contributed by atoms with Gasteiger partial charge >= 0.3 is 0 Å². The highest BCUT2D eigenvalue weighted by Gasteiger charge is 2.23. The molecule has 0 aliphatic carbocycles. The SMILES string of the molecule is CCc1cccc(NS(=O)(=O)c2cc(C(=O)N3CCCC3)cs2)c1. The van der Waals surface area contributed by atoms with E-state index in [1.807, 2.05) is 25.1 Å². The average Bonchev–Trinajstić information content (AvgIpc) is 3.26. The van der Waals surface area contributed by atoms with Gasteiger partial charge in [0.25, 0.3) is 15.9 Å². The lowest BCUT2D eigenvalue weighted by Crippen LogP contribution is -2.27. The Morgan fingerprint density at radius 1 is 1.25 bits per heavy atom. The smallest absolute Gasteiger partial charge is 0.271 e. The van der Waals surface area contributed by atoms with E-state index >= 15 is 0 Å². The van der Waals surface area contributed by atoms with Gasteiger partial charge in [0.05, 0.1) is 5.56 Å². The van der Waals surface area contributed by atoms with E-state index < -0.39 is 10.0 Å². The number of aryl methyl sites for hydroxylation is 1. The molecule has 1 aromatic carbocycles. The van der Waals surface area contributed by atoms with Crippen molar-refractivity contribution >= 4 is 33.0 Å². The molecule has 7 heteroatoms. The van der Waals surface area contributed by atoms with E-state index in [0.29, 0.717) is 11.3 Å². The van der Waals surface area contributed by atoms with Crippen molar-refractivity contribution in [2.24, 2.45) is 0 Å². The molecule has 0 radical (unpaired) electrons. The molecule has 5 nitrogen and oxygen atoms in total. The summed E-state index contributed by atoms with van der Waals surface area (Å²) in [6.45, 7) is 3.51. The van der Waals surface area contributed by atoms with Gasteiger partial charge in [0.2, 0.25) is 0 Å². The maximum absolute atomic E-state index is 12.5. The summed E-state index contributed by atoms with van der Waals surface area (Å²) in [6.07, 6.45) is 2.86. The summed E-state index contributed by atoms with van der Waals surface area (Å²) in [4.78, 5) is 14.1. The number of sulfonamides is 1. The quantitative estimate of drug-likeness (QED) is 0.885. The first kappa shape index (κ1) is 17.0. The fourth-order valence-electron chi connectivity index (χ4n) is 2.73. The number of carbonyl (C=O) groups is 1. The van der Waals surface area contributed by atoms with Gasteiger partial charge in [0.15, 0.2) is 0 Å². The minimum atomic E-state index is -3.68. The minimum Gasteiger partial charge on any atom is -0.339 e. The molecular formula is C17H20N2O3S2. The first-order valence-corrected chi connectivity index (χ1v) is 10.4. The summed E-state index contributed by atoms with van der Waals surface area (Å²) >= 11 is 1.07. The molecule has 0 atom stereocenters. The summed E-state index contributed by atoms with van der Waals surface area (Å²) in [7, 11) is -3.68. The van der Waals surface area contributed by atoms with E-state index in [9.17, 15) is 13.2 Å². The number of anilines is 1. The van der Waals surface area contributed by atoms with E-state index in [-0.39, 0.29) is 10.1 Å². The lowest BCUT2D eigenvalue weighted by molar-refractivity contribution is 0.0793. The minimum absolute atomic E-state index is 0.0850. The number of nitrogens with one attached hydrogen (secondary N) is 1. The number of hydrogen-bond donors (Lipinski definition) is 1. The van der Waals surface area contributed by atoms with Crippen LogP contribution in [0, 0.1) is 0 Å². The van der Waals surface area contributed by atoms with Crippen LogP contribution in [-0.2, 0) is 16.4 Å². The maximum Gasteiger partial charge on any atom is 0.271 e. The molecule has 0 bridgehead atoms. The number of hydrogen-bond acceptors (Lipinski definition) is 4. The molecule has 1 saturated heterocycles. The predicted molar refractivity (Wildman–Crippen MR) is 96.1 cm³/mol. The van der Waals surface area contributed by atoms with Crippen LogP contribution in [0.5, 0.6) is 0 Å². The molecule has 128 valence electrons. The van der Waals surface area contributed by atoms with Crippen LogP contribution in [0.2, 0.25) is 0 Å². The Balaban J connectivity index is 1.78. The number of likely N-dealkylation sites (tertiary alicyclic amines) is 1. The summed E-state index contributed by atoms with van der Waals surface area (Å²) in [5.74, 6) is -0.0850. The van der Waals surface area contributed by atoms with Crippen molar-refractivity contribution < 1.29 is 13.2 Å². The van der Waals surface area contributed by atoms with Crippen molar-refractivity contribution in [1.82, 2.24) is 4.90 Å². The van der Waals surface area contributed by atoms with E-state index in [4.69, 9.17) is 0 Å². The van der Waals surface area contributed by atoms with Gasteiger partial charge in [0, 0.05) is 24.2 Å². The summed E-state index contributed by atoms with van der Waals surface area (Å²) in [5, 5.41) is 1.62. The third-order valence-corrected chi connectivity index (χ3v) is 6.89. The molecule has 0 saturated carbocycles. The van der Waals surface area contributed by atoms with Gasteiger partial charge in [-0.1, -0.05) is 19.1 Å². The van der Waals surface area contributed by atoms with Gasteiger partial charge in [-0.15, -0.1) is 11.3 Å². The van der Waals surface area contributed by atoms with Crippen molar-refractivity contribution in [2.75, 3.05) is 17.8 Å². The second-order valence-corrected chi connectivity index (χ2v) is 8.63. The fraction of sp³-hybridized carbons (Fsp3) is 0.353. The van der Waals surface area contributed by atoms with Gasteiger partial charge in [-0.2, -0.15) is 0 Å². The van der Waals surface area contributed by atoms with Crippen molar-refractivity contribution in [3.63, 3.8) is 0 Å². The summed E-state index contributed by atoms with van der Waals surface area (Å²) in [5.41, 5.74) is 2.05. The molecule has 0 spiro atoms. The molecule has 2 aromatic rings. The Bertz CT molecular complexity index is 837. The number of rotatable bonds is 5. The lowest BCUT2D eigenvalue weighted by Gasteiger charge is -2.13. The van der Waals surface area contributed by atoms with Crippen molar-refractivity contribution in [1.29, 1.82) is 0 Å². The molecule has 2 heterocycles. The maximum atomic E-state index is 12.5. The Labute approximate surface area is 146 Å². The molecule has 1 aliphatic heterocycles. The summed E-state index contributed by atoms with van der Waals surface area (Å²) < 4.78 is 27.8. The van der Waals surface area contributed by atoms with E-state index in [1.165, 1.54) is 6.07 Å². The second-order valence-electron chi connectivity index (χ2n) is 5.81. The predicted octanol–water partition coefficient (Wildman–Crippen LogP) is 3.35. The van der Waals surface area contributed by atoms with Crippen LogP contribution in [0.3, 0.4) is 0 Å². The molecule has 1 fully saturated rings. The highest BCUT2D eigenvalue weighted by atomic mass is 32.2. The van der Waals surface area contributed by atoms with Gasteiger partial charge in [-0.25, -0.2) is 8.42 Å². The van der Waals surface area contributed by atoms with Crippen LogP contribution in [-0.4, -0.2) is 32.3 Å². The monoisotopic (exact) mass is 364 g/mol. The molecule has 0 unspecified atom stereocenters. The average molecular weight is 364 g/mol. The molecule has 1 N–H and O–H groups in total. The number of carbonyl (C=O) groups excluding carboxylic acids is 1. The van der Waals surface area contributed by atoms with Gasteiger partial charge < -0.3 is 4.90 Å². The zero-order chi connectivity index (χ0) is 17.2. The topological polar surface area (TPSA) is 66.5 Å². The Kier molecular flexibility index (Phi) is 4.91. The van der Waals surface area contributed by atoms with Crippen molar-refractivity contribution in [3.8, 4) is 0 Å². The van der Waals surface area contributed by atoms with Crippen LogP contribution < -0.4 is 4.72 Å². The standard InChI is InChI=1S/C17H20N2O3S2/c1-2-13-6-5-7-15(10-13)18-24(21,22)16-11-14(12-23-16)17(20)19-8-3-4-9-19/h5-7,10-12,18H,2-4,8-9H2,1H3. The van der Waals surface area contributed by atoms with Gasteiger partial charge in [0.1, 0.15) is 4.21 Å². The van der Waals surface area contributed by atoms with Crippen LogP contribution in [0.25, 0.3) is 0 Å². The molecular weight excluding hydrogens is 344 g/mol. The first-order chi connectivity index (χ1) is 11.5. The van der Waals surface area contributed by atoms with E-state index in [1.54, 1.807) is 16.3 Å². The number of thiophene rings is 1. The van der Waals surface area contributed by atoms with Crippen LogP contribution in [0.1, 0.15) is 35.7 Å². The largest absolute Gasteiger partial charge is 0.339 e. The lowest BCUT2D eigenvalue weighted by atomic mass is 10.1. The zero-order valence-corrected chi connectivity index (χ0v) is 15.1. The Hall–Kier alpha value is -1.86. The fourth-order valence-corrected chi connectivity index (χ4v) is 4.94. The number of amides is 1. The molecule has 1 amide bonds. The Morgan fingerprint density at radius 2 is 2.00 bits per heavy atom. The molecule has 3 rings (SSSR count). The normalized spacial score (nSPS) is 14.8. The number of nitrogens with zero attached hydrogens (tertiary/aromatic N) is 1. The van der Waals surface area contributed by atoms with Gasteiger partial charge in [-0.3, -0.25) is 9.52 Å². The van der Waals surface area contributed by atoms with Crippen LogP contribution in [0.15, 0.2) is 39.9 Å². The Morgan fingerprint density at radius 3 is 2.71 bits per heavy atom. The first-order valence-electron chi connectivity index (χ1n) is 7.99.